The first kappa shape index (κ1) is 18.3. The van der Waals surface area contributed by atoms with Crippen LogP contribution in [-0.2, 0) is 4.79 Å². The van der Waals surface area contributed by atoms with Gasteiger partial charge in [0, 0.05) is 30.2 Å². The molecule has 25 heavy (non-hydrogen) atoms. The average molecular weight is 336 g/mol. The zero-order valence-electron chi connectivity index (χ0n) is 15.2. The van der Waals surface area contributed by atoms with E-state index >= 15 is 0 Å². The summed E-state index contributed by atoms with van der Waals surface area (Å²) in [5.74, 6) is -0.419. The van der Waals surface area contributed by atoms with Crippen LogP contribution in [0.3, 0.4) is 0 Å². The Labute approximate surface area is 149 Å². The number of anilines is 1. The van der Waals surface area contributed by atoms with Crippen LogP contribution in [0.5, 0.6) is 0 Å². The summed E-state index contributed by atoms with van der Waals surface area (Å²) in [5.41, 5.74) is 6.60. The van der Waals surface area contributed by atoms with E-state index in [1.165, 1.54) is 0 Å². The van der Waals surface area contributed by atoms with E-state index in [1.807, 2.05) is 56.3 Å². The van der Waals surface area contributed by atoms with E-state index < -0.39 is 5.91 Å². The number of nitrogens with one attached hydrogen (secondary N) is 1. The van der Waals surface area contributed by atoms with Crippen molar-refractivity contribution >= 4 is 17.7 Å². The van der Waals surface area contributed by atoms with Gasteiger partial charge in [-0.3, -0.25) is 14.9 Å². The minimum Gasteiger partial charge on any atom is -0.372 e. The average Bonchev–Trinajstić information content (AvgIpc) is 2.93. The summed E-state index contributed by atoms with van der Waals surface area (Å²) >= 11 is 0. The molecule has 0 radical (unpaired) electrons. The van der Waals surface area contributed by atoms with Crippen LogP contribution in [0.4, 0.5) is 5.69 Å². The number of rotatable bonds is 6. The third-order valence-corrected chi connectivity index (χ3v) is 4.18. The van der Waals surface area contributed by atoms with E-state index in [4.69, 9.17) is 0 Å². The highest BCUT2D eigenvalue weighted by molar-refractivity contribution is 6.06. The molecule has 5 heteroatoms. The fraction of sp³-hybridized carbons (Fsp3) is 0.300. The first-order valence-electron chi connectivity index (χ1n) is 8.43. The second-order valence-corrected chi connectivity index (χ2v) is 5.83. The number of benzene rings is 1. The van der Waals surface area contributed by atoms with Gasteiger partial charge in [-0.05, 0) is 63.6 Å². The SMILES string of the molecule is CCN(CC)c1ccc(/C=C(/C#N)C(=O)Nn2c(C)ccc2C)cc1. The van der Waals surface area contributed by atoms with Crippen LogP contribution in [0.15, 0.2) is 42.0 Å². The maximum Gasteiger partial charge on any atom is 0.280 e. The molecule has 1 aromatic heterocycles. The van der Waals surface area contributed by atoms with Gasteiger partial charge in [0.2, 0.25) is 0 Å². The number of aromatic nitrogens is 1. The molecule has 0 bridgehead atoms. The summed E-state index contributed by atoms with van der Waals surface area (Å²) in [6.07, 6.45) is 1.61. The quantitative estimate of drug-likeness (QED) is 0.647. The van der Waals surface area contributed by atoms with Crippen molar-refractivity contribution in [1.82, 2.24) is 4.68 Å². The first-order chi connectivity index (χ1) is 12.0. The van der Waals surface area contributed by atoms with Crippen LogP contribution in [0, 0.1) is 25.2 Å². The molecule has 130 valence electrons. The van der Waals surface area contributed by atoms with Gasteiger partial charge in [-0.25, -0.2) is 0 Å². The molecule has 0 aliphatic rings. The standard InChI is InChI=1S/C20H24N4O/c1-5-23(6-2)19-11-9-17(10-12-19)13-18(14-21)20(25)22-24-15(3)7-8-16(24)4/h7-13H,5-6H2,1-4H3,(H,22,25)/b18-13-. The number of aryl methyl sites for hydroxylation is 2. The minimum atomic E-state index is -0.419. The van der Waals surface area contributed by atoms with Gasteiger partial charge in [0.25, 0.3) is 5.91 Å². The van der Waals surface area contributed by atoms with Gasteiger partial charge < -0.3 is 4.90 Å². The van der Waals surface area contributed by atoms with Gasteiger partial charge >= 0.3 is 0 Å². The predicted molar refractivity (Wildman–Crippen MR) is 102 cm³/mol. The number of hydrogen-bond donors (Lipinski definition) is 1. The van der Waals surface area contributed by atoms with E-state index in [0.29, 0.717) is 0 Å². The minimum absolute atomic E-state index is 0.0723. The van der Waals surface area contributed by atoms with Crippen molar-refractivity contribution in [3.63, 3.8) is 0 Å². The number of nitrogens with zero attached hydrogens (tertiary/aromatic N) is 3. The van der Waals surface area contributed by atoms with E-state index in [0.717, 1.165) is 35.7 Å². The molecule has 1 amide bonds. The van der Waals surface area contributed by atoms with Gasteiger partial charge in [0.1, 0.15) is 11.6 Å². The van der Waals surface area contributed by atoms with Crippen LogP contribution in [0.2, 0.25) is 0 Å². The fourth-order valence-electron chi connectivity index (χ4n) is 2.69. The maximum absolute atomic E-state index is 12.4. The highest BCUT2D eigenvalue weighted by Gasteiger charge is 2.11. The largest absolute Gasteiger partial charge is 0.372 e. The molecule has 1 aromatic carbocycles. The summed E-state index contributed by atoms with van der Waals surface area (Å²) < 4.78 is 1.68. The van der Waals surface area contributed by atoms with Crippen molar-refractivity contribution in [2.24, 2.45) is 0 Å². The van der Waals surface area contributed by atoms with E-state index in [2.05, 4.69) is 24.2 Å². The van der Waals surface area contributed by atoms with Crippen LogP contribution in [0.25, 0.3) is 6.08 Å². The lowest BCUT2D eigenvalue weighted by atomic mass is 10.1. The fourth-order valence-corrected chi connectivity index (χ4v) is 2.69. The molecular formula is C20H24N4O. The maximum atomic E-state index is 12.4. The first-order valence-corrected chi connectivity index (χ1v) is 8.43. The second kappa shape index (κ2) is 8.20. The molecular weight excluding hydrogens is 312 g/mol. The summed E-state index contributed by atoms with van der Waals surface area (Å²) in [6.45, 7) is 9.89. The molecule has 0 aliphatic carbocycles. The lowest BCUT2D eigenvalue weighted by molar-refractivity contribution is -0.113. The van der Waals surface area contributed by atoms with Crippen molar-refractivity contribution in [3.05, 3.63) is 58.9 Å². The van der Waals surface area contributed by atoms with Crippen LogP contribution >= 0.6 is 0 Å². The number of amides is 1. The van der Waals surface area contributed by atoms with Crippen molar-refractivity contribution < 1.29 is 4.79 Å². The highest BCUT2D eigenvalue weighted by atomic mass is 16.2. The van der Waals surface area contributed by atoms with Crippen molar-refractivity contribution in [1.29, 1.82) is 5.26 Å². The zero-order chi connectivity index (χ0) is 18.4. The Balaban J connectivity index is 2.19. The molecule has 1 heterocycles. The van der Waals surface area contributed by atoms with Gasteiger partial charge in [-0.1, -0.05) is 12.1 Å². The van der Waals surface area contributed by atoms with Gasteiger partial charge in [0.15, 0.2) is 0 Å². The Morgan fingerprint density at radius 2 is 1.68 bits per heavy atom. The number of hydrogen-bond acceptors (Lipinski definition) is 3. The summed E-state index contributed by atoms with van der Waals surface area (Å²) in [4.78, 5) is 14.6. The normalized spacial score (nSPS) is 11.1. The van der Waals surface area contributed by atoms with Crippen molar-refractivity contribution in [3.8, 4) is 6.07 Å². The van der Waals surface area contributed by atoms with Crippen molar-refractivity contribution in [2.75, 3.05) is 23.4 Å². The van der Waals surface area contributed by atoms with Crippen molar-refractivity contribution in [2.45, 2.75) is 27.7 Å². The topological polar surface area (TPSA) is 61.1 Å². The number of carbonyl (C=O) groups excluding carboxylic acids is 1. The third kappa shape index (κ3) is 4.30. The molecule has 0 fully saturated rings. The molecule has 1 N–H and O–H groups in total. The Morgan fingerprint density at radius 3 is 2.16 bits per heavy atom. The molecule has 0 aliphatic heterocycles. The predicted octanol–water partition coefficient (Wildman–Crippen LogP) is 3.63. The molecule has 5 nitrogen and oxygen atoms in total. The van der Waals surface area contributed by atoms with E-state index in [1.54, 1.807) is 10.8 Å². The van der Waals surface area contributed by atoms with Gasteiger partial charge in [-0.15, -0.1) is 0 Å². The van der Waals surface area contributed by atoms with Gasteiger partial charge in [0.05, 0.1) is 0 Å². The van der Waals surface area contributed by atoms with E-state index in [9.17, 15) is 10.1 Å². The summed E-state index contributed by atoms with van der Waals surface area (Å²) in [5, 5.41) is 9.35. The lowest BCUT2D eigenvalue weighted by Gasteiger charge is -2.20. The Hall–Kier alpha value is -3.00. The molecule has 0 atom stereocenters. The molecule has 0 saturated carbocycles. The Kier molecular flexibility index (Phi) is 6.02. The Bertz CT molecular complexity index is 786. The smallest absolute Gasteiger partial charge is 0.280 e. The molecule has 0 unspecified atom stereocenters. The molecule has 2 rings (SSSR count). The number of carbonyl (C=O) groups is 1. The summed E-state index contributed by atoms with van der Waals surface area (Å²) in [6, 6.07) is 13.7. The monoisotopic (exact) mass is 336 g/mol. The third-order valence-electron chi connectivity index (χ3n) is 4.18. The van der Waals surface area contributed by atoms with Crippen LogP contribution < -0.4 is 10.3 Å². The zero-order valence-corrected chi connectivity index (χ0v) is 15.2. The molecule has 0 saturated heterocycles. The molecule has 0 spiro atoms. The van der Waals surface area contributed by atoms with Crippen LogP contribution in [0.1, 0.15) is 30.8 Å². The highest BCUT2D eigenvalue weighted by Crippen LogP contribution is 2.17. The lowest BCUT2D eigenvalue weighted by Crippen LogP contribution is -2.25. The number of nitriles is 1. The van der Waals surface area contributed by atoms with Gasteiger partial charge in [-0.2, -0.15) is 5.26 Å². The summed E-state index contributed by atoms with van der Waals surface area (Å²) in [7, 11) is 0. The Morgan fingerprint density at radius 1 is 1.12 bits per heavy atom. The molecule has 2 aromatic rings. The van der Waals surface area contributed by atoms with E-state index in [-0.39, 0.29) is 5.57 Å². The second-order valence-electron chi connectivity index (χ2n) is 5.83. The van der Waals surface area contributed by atoms with Crippen LogP contribution in [-0.4, -0.2) is 23.7 Å².